The minimum Gasteiger partial charge on any atom is -0.394 e. The fourth-order valence-corrected chi connectivity index (χ4v) is 12.1. The Bertz CT molecular complexity index is 1090. The lowest BCUT2D eigenvalue weighted by atomic mass is 9.43. The average molecular weight is 889 g/mol. The Kier molecular flexibility index (Phi) is 28.1. The summed E-state index contributed by atoms with van der Waals surface area (Å²) in [5, 5.41) is 17.5. The van der Waals surface area contributed by atoms with Crippen molar-refractivity contribution in [3.63, 3.8) is 0 Å². The zero-order valence-electron chi connectivity index (χ0n) is 39.8. The molecule has 0 aromatic carbocycles. The molecule has 62 heavy (non-hydrogen) atoms. The first-order valence-electron chi connectivity index (χ1n) is 25.1. The van der Waals surface area contributed by atoms with Gasteiger partial charge >= 0.3 is 0 Å². The molecule has 4 rings (SSSR count). The monoisotopic (exact) mass is 889 g/mol. The molecule has 0 amide bonds. The SMILES string of the molecule is CCCC(C)[C@H]1CC[C@H]2[C@@H]3[C@H](OCCOCCOCCOCCCCCOCCO)C[C@@H]4CCCC[C@]4(C)[C@H]3C[C@H](OCCOCCOCCOCCOCCOCCO)[C@]12C. The number of hydrogen-bond donors (Lipinski definition) is 2. The van der Waals surface area contributed by atoms with Crippen LogP contribution in [0.3, 0.4) is 0 Å². The minimum atomic E-state index is 0.0297. The Morgan fingerprint density at radius 2 is 1.00 bits per heavy atom. The van der Waals surface area contributed by atoms with Crippen LogP contribution in [0, 0.1) is 46.3 Å². The van der Waals surface area contributed by atoms with Gasteiger partial charge in [-0.25, -0.2) is 0 Å². The van der Waals surface area contributed by atoms with E-state index in [0.29, 0.717) is 166 Å². The molecule has 13 heteroatoms. The van der Waals surface area contributed by atoms with Crippen LogP contribution in [0.4, 0.5) is 0 Å². The van der Waals surface area contributed by atoms with Gasteiger partial charge in [-0.3, -0.25) is 0 Å². The van der Waals surface area contributed by atoms with Gasteiger partial charge in [0.05, 0.1) is 144 Å². The Morgan fingerprint density at radius 1 is 0.516 bits per heavy atom. The number of unbranched alkanes of at least 4 members (excludes halogenated alkanes) is 2. The van der Waals surface area contributed by atoms with Gasteiger partial charge in [0.15, 0.2) is 0 Å². The van der Waals surface area contributed by atoms with Crippen molar-refractivity contribution in [2.75, 3.05) is 145 Å². The lowest BCUT2D eigenvalue weighted by Crippen LogP contribution is -2.62. The molecular weight excluding hydrogens is 797 g/mol. The zero-order valence-corrected chi connectivity index (χ0v) is 39.8. The normalized spacial score (nSPS) is 30.0. The summed E-state index contributed by atoms with van der Waals surface area (Å²) in [5.41, 5.74) is 0.455. The number of fused-ring (bicyclic) bond motifs is 5. The van der Waals surface area contributed by atoms with E-state index in [1.165, 1.54) is 57.8 Å². The Hall–Kier alpha value is -0.520. The molecular formula is C49H92O13. The molecule has 10 atom stereocenters. The van der Waals surface area contributed by atoms with E-state index in [2.05, 4.69) is 27.7 Å². The molecule has 1 unspecified atom stereocenters. The summed E-state index contributed by atoms with van der Waals surface area (Å²) in [6.45, 7) is 21.3. The second-order valence-electron chi connectivity index (χ2n) is 18.8. The van der Waals surface area contributed by atoms with Gasteiger partial charge in [0.1, 0.15) is 0 Å². The summed E-state index contributed by atoms with van der Waals surface area (Å²) in [5.74, 6) is 3.79. The van der Waals surface area contributed by atoms with E-state index in [1.807, 2.05) is 0 Å². The molecule has 13 nitrogen and oxygen atoms in total. The molecule has 0 radical (unpaired) electrons. The maximum atomic E-state index is 8.76. The van der Waals surface area contributed by atoms with Gasteiger partial charge in [0.2, 0.25) is 0 Å². The molecule has 366 valence electrons. The van der Waals surface area contributed by atoms with Crippen LogP contribution in [0.2, 0.25) is 0 Å². The van der Waals surface area contributed by atoms with Crippen LogP contribution in [0.15, 0.2) is 0 Å². The topological polar surface area (TPSA) is 142 Å². The highest BCUT2D eigenvalue weighted by Crippen LogP contribution is 2.69. The van der Waals surface area contributed by atoms with E-state index in [-0.39, 0.29) is 30.8 Å². The first-order chi connectivity index (χ1) is 30.4. The first-order valence-corrected chi connectivity index (χ1v) is 25.1. The van der Waals surface area contributed by atoms with Gasteiger partial charge in [-0.1, -0.05) is 53.4 Å². The van der Waals surface area contributed by atoms with Crippen molar-refractivity contribution in [3.05, 3.63) is 0 Å². The molecule has 0 bridgehead atoms. The summed E-state index contributed by atoms with van der Waals surface area (Å²) in [6.07, 6.45) is 16.3. The predicted molar refractivity (Wildman–Crippen MR) is 240 cm³/mol. The highest BCUT2D eigenvalue weighted by molar-refractivity contribution is 5.14. The minimum absolute atomic E-state index is 0.0297. The smallest absolute Gasteiger partial charge is 0.0704 e. The van der Waals surface area contributed by atoms with Crippen molar-refractivity contribution in [3.8, 4) is 0 Å². The van der Waals surface area contributed by atoms with Gasteiger partial charge in [-0.2, -0.15) is 0 Å². The van der Waals surface area contributed by atoms with E-state index in [0.717, 1.165) is 32.3 Å². The van der Waals surface area contributed by atoms with Gasteiger partial charge in [-0.15, -0.1) is 0 Å². The predicted octanol–water partition coefficient (Wildman–Crippen LogP) is 6.77. The van der Waals surface area contributed by atoms with E-state index < -0.39 is 0 Å². The standard InChI is InChI=1S/C49H92O13/c1-5-11-40(2)42-13-14-43-47-44(39-46(49(42,43)4)62-37-35-60-33-31-58-29-28-57-27-26-56-25-23-54-21-17-51)48(3)15-8-7-12-41(48)38-45(47)61-36-34-59-32-30-55-24-22-53-19-10-6-9-18-52-20-16-50/h40-47,50-51H,5-39H2,1-4H3/t40?,41-,42+,43-,44-,45+,46-,47-,48-,49+/m0/s1. The van der Waals surface area contributed by atoms with Crippen LogP contribution < -0.4 is 0 Å². The maximum Gasteiger partial charge on any atom is 0.0704 e. The number of ether oxygens (including phenoxy) is 11. The molecule has 0 heterocycles. The number of aliphatic hydroxyl groups is 2. The molecule has 0 aromatic heterocycles. The van der Waals surface area contributed by atoms with Crippen molar-refractivity contribution in [2.45, 2.75) is 123 Å². The van der Waals surface area contributed by atoms with Gasteiger partial charge in [0, 0.05) is 18.6 Å². The van der Waals surface area contributed by atoms with E-state index in [1.54, 1.807) is 0 Å². The fraction of sp³-hybridized carbons (Fsp3) is 1.00. The Morgan fingerprint density at radius 3 is 1.53 bits per heavy atom. The van der Waals surface area contributed by atoms with Crippen LogP contribution in [-0.2, 0) is 52.1 Å². The highest BCUT2D eigenvalue weighted by Gasteiger charge is 2.66. The zero-order chi connectivity index (χ0) is 44.1. The van der Waals surface area contributed by atoms with Crippen molar-refractivity contribution in [1.82, 2.24) is 0 Å². The number of aliphatic hydroxyl groups excluding tert-OH is 2. The lowest BCUT2D eigenvalue weighted by Gasteiger charge is -2.64. The third-order valence-corrected chi connectivity index (χ3v) is 15.0. The summed E-state index contributed by atoms with van der Waals surface area (Å²) >= 11 is 0. The quantitative estimate of drug-likeness (QED) is 0.0629. The van der Waals surface area contributed by atoms with Crippen LogP contribution in [0.5, 0.6) is 0 Å². The van der Waals surface area contributed by atoms with Gasteiger partial charge in [-0.05, 0) is 98.7 Å². The van der Waals surface area contributed by atoms with Crippen LogP contribution in [0.1, 0.15) is 111 Å². The molecule has 4 aliphatic rings. The fourth-order valence-electron chi connectivity index (χ4n) is 12.1. The molecule has 0 saturated heterocycles. The van der Waals surface area contributed by atoms with Crippen molar-refractivity contribution in [2.24, 2.45) is 46.3 Å². The molecule has 0 aromatic rings. The summed E-state index contributed by atoms with van der Waals surface area (Å²) in [7, 11) is 0. The van der Waals surface area contributed by atoms with Crippen LogP contribution in [0.25, 0.3) is 0 Å². The Balaban J connectivity index is 1.19. The summed E-state index contributed by atoms with van der Waals surface area (Å²) < 4.78 is 64.9. The molecule has 4 aliphatic carbocycles. The van der Waals surface area contributed by atoms with Crippen LogP contribution in [-0.4, -0.2) is 168 Å². The van der Waals surface area contributed by atoms with Gasteiger partial charge in [0.25, 0.3) is 0 Å². The Labute approximate surface area is 376 Å². The maximum absolute atomic E-state index is 8.76. The first kappa shape index (κ1) is 54.1. The van der Waals surface area contributed by atoms with Crippen molar-refractivity contribution >= 4 is 0 Å². The summed E-state index contributed by atoms with van der Waals surface area (Å²) in [4.78, 5) is 0. The largest absolute Gasteiger partial charge is 0.394 e. The molecule has 2 N–H and O–H groups in total. The summed E-state index contributed by atoms with van der Waals surface area (Å²) in [6, 6.07) is 0. The van der Waals surface area contributed by atoms with Crippen molar-refractivity contribution in [1.29, 1.82) is 0 Å². The molecule has 0 spiro atoms. The molecule has 4 saturated carbocycles. The van der Waals surface area contributed by atoms with Crippen molar-refractivity contribution < 1.29 is 62.3 Å². The second-order valence-corrected chi connectivity index (χ2v) is 18.8. The number of rotatable bonds is 39. The second kappa shape index (κ2) is 32.2. The average Bonchev–Trinajstić information content (AvgIpc) is 3.64. The lowest BCUT2D eigenvalue weighted by molar-refractivity contribution is -0.224. The van der Waals surface area contributed by atoms with Crippen LogP contribution >= 0.6 is 0 Å². The molecule has 0 aliphatic heterocycles. The van der Waals surface area contributed by atoms with E-state index in [9.17, 15) is 0 Å². The van der Waals surface area contributed by atoms with E-state index >= 15 is 0 Å². The molecule has 4 fully saturated rings. The van der Waals surface area contributed by atoms with E-state index in [4.69, 9.17) is 62.3 Å². The van der Waals surface area contributed by atoms with Gasteiger partial charge < -0.3 is 62.3 Å². The highest BCUT2D eigenvalue weighted by atomic mass is 16.6. The number of hydrogen-bond acceptors (Lipinski definition) is 13. The third kappa shape index (κ3) is 17.6. The third-order valence-electron chi connectivity index (χ3n) is 15.0.